The average Bonchev–Trinajstić information content (AvgIpc) is 2.35. The molecule has 0 aliphatic carbocycles. The van der Waals surface area contributed by atoms with Crippen molar-refractivity contribution in [2.75, 3.05) is 0 Å². The van der Waals surface area contributed by atoms with Gasteiger partial charge in [0.1, 0.15) is 0 Å². The smallest absolute Gasteiger partial charge is 0.329 e. The number of carbonyl (C=O) groups excluding carboxylic acids is 2. The second-order valence-electron chi connectivity index (χ2n) is 3.55. The summed E-state index contributed by atoms with van der Waals surface area (Å²) in [6, 6.07) is 7.80. The van der Waals surface area contributed by atoms with Crippen molar-refractivity contribution in [1.29, 1.82) is 0 Å². The van der Waals surface area contributed by atoms with Crippen molar-refractivity contribution in [1.82, 2.24) is 5.43 Å². The predicted molar refractivity (Wildman–Crippen MR) is 65.4 cm³/mol. The molecule has 0 unspecified atom stereocenters. The number of hydrazone groups is 1. The summed E-state index contributed by atoms with van der Waals surface area (Å²) in [4.78, 5) is 21.4. The molecule has 1 aromatic rings. The van der Waals surface area contributed by atoms with Crippen LogP contribution < -0.4 is 11.2 Å². The predicted octanol–water partition coefficient (Wildman–Crippen LogP) is 0.574. The lowest BCUT2D eigenvalue weighted by Crippen LogP contribution is -2.33. The number of nitrogens with one attached hydrogen (secondary N) is 1. The van der Waals surface area contributed by atoms with Crippen LogP contribution >= 0.6 is 0 Å². The maximum absolute atomic E-state index is 10.9. The van der Waals surface area contributed by atoms with E-state index < -0.39 is 11.8 Å². The van der Waals surface area contributed by atoms with Crippen LogP contribution in [0.1, 0.15) is 25.0 Å². The van der Waals surface area contributed by atoms with Gasteiger partial charge in [-0.15, -0.1) is 0 Å². The third-order valence-corrected chi connectivity index (χ3v) is 2.33. The Kier molecular flexibility index (Phi) is 4.39. The average molecular weight is 233 g/mol. The van der Waals surface area contributed by atoms with Crippen molar-refractivity contribution < 1.29 is 9.59 Å². The zero-order valence-corrected chi connectivity index (χ0v) is 9.86. The molecule has 0 spiro atoms. The summed E-state index contributed by atoms with van der Waals surface area (Å²) in [6.07, 6.45) is 0.967. The summed E-state index contributed by atoms with van der Waals surface area (Å²) >= 11 is 0. The second-order valence-corrected chi connectivity index (χ2v) is 3.55. The Morgan fingerprint density at radius 1 is 1.29 bits per heavy atom. The van der Waals surface area contributed by atoms with E-state index in [1.54, 1.807) is 6.92 Å². The maximum Gasteiger partial charge on any atom is 0.329 e. The van der Waals surface area contributed by atoms with Crippen LogP contribution in [0, 0.1) is 0 Å². The Hall–Kier alpha value is -2.17. The highest BCUT2D eigenvalue weighted by Gasteiger charge is 2.06. The van der Waals surface area contributed by atoms with Crippen molar-refractivity contribution in [2.24, 2.45) is 10.8 Å². The number of rotatable bonds is 3. The van der Waals surface area contributed by atoms with Crippen LogP contribution in [0.4, 0.5) is 0 Å². The third kappa shape index (κ3) is 3.71. The molecule has 3 N–H and O–H groups in total. The maximum atomic E-state index is 10.9. The molecule has 17 heavy (non-hydrogen) atoms. The van der Waals surface area contributed by atoms with Crippen molar-refractivity contribution in [2.45, 2.75) is 20.3 Å². The van der Waals surface area contributed by atoms with E-state index in [4.69, 9.17) is 5.73 Å². The Balaban J connectivity index is 2.74. The molecule has 0 radical (unpaired) electrons. The van der Waals surface area contributed by atoms with E-state index >= 15 is 0 Å². The number of carbonyl (C=O) groups is 2. The highest BCUT2D eigenvalue weighted by atomic mass is 16.2. The van der Waals surface area contributed by atoms with Gasteiger partial charge >= 0.3 is 11.8 Å². The van der Waals surface area contributed by atoms with Gasteiger partial charge in [-0.3, -0.25) is 9.59 Å². The first-order valence-corrected chi connectivity index (χ1v) is 5.28. The molecule has 2 amide bonds. The van der Waals surface area contributed by atoms with Gasteiger partial charge in [-0.05, 0) is 24.5 Å². The molecule has 5 heteroatoms. The molecule has 0 aliphatic rings. The molecule has 0 atom stereocenters. The van der Waals surface area contributed by atoms with Crippen molar-refractivity contribution in [3.63, 3.8) is 0 Å². The number of aryl methyl sites for hydroxylation is 1. The number of benzene rings is 1. The van der Waals surface area contributed by atoms with Gasteiger partial charge in [0.25, 0.3) is 0 Å². The molecular formula is C12H15N3O2. The van der Waals surface area contributed by atoms with Gasteiger partial charge in [0, 0.05) is 0 Å². The van der Waals surface area contributed by atoms with Crippen molar-refractivity contribution >= 4 is 17.5 Å². The van der Waals surface area contributed by atoms with E-state index in [9.17, 15) is 9.59 Å². The van der Waals surface area contributed by atoms with Gasteiger partial charge < -0.3 is 5.73 Å². The topological polar surface area (TPSA) is 84.6 Å². The Bertz CT molecular complexity index is 449. The standard InChI is InChI=1S/C12H15N3O2/c1-3-9-4-6-10(7-5-9)8(2)14-15-12(17)11(13)16/h4-7H,3H2,1-2H3,(H2,13,16)(H,15,17)/b14-8+. The molecule has 90 valence electrons. The Morgan fingerprint density at radius 3 is 2.35 bits per heavy atom. The lowest BCUT2D eigenvalue weighted by atomic mass is 10.1. The fourth-order valence-corrected chi connectivity index (χ4v) is 1.24. The van der Waals surface area contributed by atoms with Gasteiger partial charge in [-0.2, -0.15) is 5.10 Å². The molecular weight excluding hydrogens is 218 g/mol. The Morgan fingerprint density at radius 2 is 1.88 bits per heavy atom. The fraction of sp³-hybridized carbons (Fsp3) is 0.250. The lowest BCUT2D eigenvalue weighted by molar-refractivity contribution is -0.137. The summed E-state index contributed by atoms with van der Waals surface area (Å²) in [5.74, 6) is -1.97. The van der Waals surface area contributed by atoms with E-state index in [1.807, 2.05) is 24.3 Å². The van der Waals surface area contributed by atoms with E-state index in [0.29, 0.717) is 5.71 Å². The van der Waals surface area contributed by atoms with Crippen LogP contribution in [0.25, 0.3) is 0 Å². The van der Waals surface area contributed by atoms with E-state index in [0.717, 1.165) is 12.0 Å². The van der Waals surface area contributed by atoms with Crippen LogP contribution in [0.15, 0.2) is 29.4 Å². The van der Waals surface area contributed by atoms with Crippen molar-refractivity contribution in [3.05, 3.63) is 35.4 Å². The van der Waals surface area contributed by atoms with Gasteiger partial charge in [0.05, 0.1) is 5.71 Å². The zero-order chi connectivity index (χ0) is 12.8. The minimum absolute atomic E-state index is 0.613. The summed E-state index contributed by atoms with van der Waals surface area (Å²) < 4.78 is 0. The largest absolute Gasteiger partial charge is 0.361 e. The van der Waals surface area contributed by atoms with Gasteiger partial charge in [0.15, 0.2) is 0 Å². The minimum Gasteiger partial charge on any atom is -0.361 e. The molecule has 0 heterocycles. The van der Waals surface area contributed by atoms with Crippen LogP contribution in [-0.2, 0) is 16.0 Å². The summed E-state index contributed by atoms with van der Waals surface area (Å²) in [5.41, 5.74) is 9.58. The van der Waals surface area contributed by atoms with Crippen molar-refractivity contribution in [3.8, 4) is 0 Å². The highest BCUT2D eigenvalue weighted by Crippen LogP contribution is 2.05. The first-order chi connectivity index (χ1) is 8.04. The second kappa shape index (κ2) is 5.79. The summed E-state index contributed by atoms with van der Waals surface area (Å²) in [6.45, 7) is 3.81. The zero-order valence-electron chi connectivity index (χ0n) is 9.86. The van der Waals surface area contributed by atoms with E-state index in [-0.39, 0.29) is 0 Å². The third-order valence-electron chi connectivity index (χ3n) is 2.33. The van der Waals surface area contributed by atoms with Crippen LogP contribution in [-0.4, -0.2) is 17.5 Å². The van der Waals surface area contributed by atoms with Crippen LogP contribution in [0.3, 0.4) is 0 Å². The molecule has 0 bridgehead atoms. The van der Waals surface area contributed by atoms with E-state index in [2.05, 4.69) is 17.5 Å². The van der Waals surface area contributed by atoms with Crippen LogP contribution in [0.2, 0.25) is 0 Å². The minimum atomic E-state index is -1.05. The number of nitrogens with two attached hydrogens (primary N) is 1. The molecule has 1 aromatic carbocycles. The quantitative estimate of drug-likeness (QED) is 0.454. The molecule has 5 nitrogen and oxygen atoms in total. The number of amides is 2. The monoisotopic (exact) mass is 233 g/mol. The summed E-state index contributed by atoms with van der Waals surface area (Å²) in [5, 5.41) is 3.79. The molecule has 0 aliphatic heterocycles. The van der Waals surface area contributed by atoms with Gasteiger partial charge in [-0.1, -0.05) is 31.2 Å². The molecule has 1 rings (SSSR count). The molecule has 0 saturated heterocycles. The SMILES string of the molecule is CCc1ccc(/C(C)=N/NC(=O)C(N)=O)cc1. The van der Waals surface area contributed by atoms with Gasteiger partial charge in [0.2, 0.25) is 0 Å². The molecule has 0 aromatic heterocycles. The number of hydrogen-bond donors (Lipinski definition) is 2. The Labute approximate surface area is 99.7 Å². The fourth-order valence-electron chi connectivity index (χ4n) is 1.24. The van der Waals surface area contributed by atoms with Crippen LogP contribution in [0.5, 0.6) is 0 Å². The molecule has 0 fully saturated rings. The summed E-state index contributed by atoms with van der Waals surface area (Å²) in [7, 11) is 0. The number of nitrogens with zero attached hydrogens (tertiary/aromatic N) is 1. The highest BCUT2D eigenvalue weighted by molar-refractivity contribution is 6.34. The molecule has 0 saturated carbocycles. The first kappa shape index (κ1) is 12.9. The van der Waals surface area contributed by atoms with E-state index in [1.165, 1.54) is 5.56 Å². The lowest BCUT2D eigenvalue weighted by Gasteiger charge is -2.02. The first-order valence-electron chi connectivity index (χ1n) is 5.28. The normalized spacial score (nSPS) is 11.1. The number of hydrogen-bond acceptors (Lipinski definition) is 3. The number of primary amides is 1. The van der Waals surface area contributed by atoms with Gasteiger partial charge in [-0.25, -0.2) is 5.43 Å².